The first-order valence-electron chi connectivity index (χ1n) is 11.6. The van der Waals surface area contributed by atoms with Crippen molar-refractivity contribution in [1.82, 2.24) is 20.2 Å². The number of hydrogen-bond donors (Lipinski definition) is 1. The number of carbonyl (C=O) groups is 1. The van der Waals surface area contributed by atoms with Crippen molar-refractivity contribution in [2.75, 3.05) is 62.2 Å². The van der Waals surface area contributed by atoms with Gasteiger partial charge in [0.25, 0.3) is 0 Å². The summed E-state index contributed by atoms with van der Waals surface area (Å²) in [5.74, 6) is 0.847. The Labute approximate surface area is 189 Å². The summed E-state index contributed by atoms with van der Waals surface area (Å²) < 4.78 is 14.0. The number of aromatic nitrogens is 2. The molecule has 0 unspecified atom stereocenters. The maximum absolute atomic E-state index is 14.0. The van der Waals surface area contributed by atoms with Gasteiger partial charge in [0.1, 0.15) is 5.82 Å². The molecule has 0 atom stereocenters. The topological polar surface area (TPSA) is 64.6 Å². The van der Waals surface area contributed by atoms with E-state index in [2.05, 4.69) is 30.0 Å². The lowest BCUT2D eigenvalue weighted by Crippen LogP contribution is -2.47. The standard InChI is InChI=1S/C24H33FN6O/c1-19-7-11-27-24(28-19)31-13-8-20(9-14-31)23(32)26-10-4-12-29-15-17-30(18-16-29)22-6-3-2-5-21(22)25/h2-3,5-7,11,20H,4,8-10,12-18H2,1H3,(H,26,32). The minimum atomic E-state index is -0.152. The average Bonchev–Trinajstić information content (AvgIpc) is 2.83. The van der Waals surface area contributed by atoms with Crippen LogP contribution in [0.2, 0.25) is 0 Å². The van der Waals surface area contributed by atoms with Gasteiger partial charge >= 0.3 is 0 Å². The van der Waals surface area contributed by atoms with E-state index in [4.69, 9.17) is 0 Å². The maximum Gasteiger partial charge on any atom is 0.225 e. The number of anilines is 2. The van der Waals surface area contributed by atoms with E-state index >= 15 is 0 Å². The SMILES string of the molecule is Cc1ccnc(N2CCC(C(=O)NCCCN3CCN(c4ccccc4F)CC3)CC2)n1. The molecule has 2 aromatic rings. The summed E-state index contributed by atoms with van der Waals surface area (Å²) in [4.78, 5) is 28.1. The minimum absolute atomic E-state index is 0.0698. The van der Waals surface area contributed by atoms with Crippen LogP contribution in [0.1, 0.15) is 25.0 Å². The number of piperazine rings is 1. The van der Waals surface area contributed by atoms with Gasteiger partial charge in [-0.15, -0.1) is 0 Å². The monoisotopic (exact) mass is 440 g/mol. The van der Waals surface area contributed by atoms with E-state index in [0.29, 0.717) is 12.2 Å². The van der Waals surface area contributed by atoms with E-state index in [1.165, 1.54) is 6.07 Å². The van der Waals surface area contributed by atoms with Gasteiger partial charge in [-0.05, 0) is 50.9 Å². The van der Waals surface area contributed by atoms with Crippen molar-refractivity contribution < 1.29 is 9.18 Å². The van der Waals surface area contributed by atoms with Gasteiger partial charge in [0.15, 0.2) is 0 Å². The molecule has 0 radical (unpaired) electrons. The zero-order chi connectivity index (χ0) is 22.3. The number of carbonyl (C=O) groups excluding carboxylic acids is 1. The number of amides is 1. The van der Waals surface area contributed by atoms with E-state index in [9.17, 15) is 9.18 Å². The van der Waals surface area contributed by atoms with Crippen LogP contribution in [0.15, 0.2) is 36.5 Å². The van der Waals surface area contributed by atoms with E-state index in [1.54, 1.807) is 12.3 Å². The molecule has 2 aliphatic rings. The number of halogens is 1. The largest absolute Gasteiger partial charge is 0.367 e. The Morgan fingerprint density at radius 2 is 1.81 bits per heavy atom. The molecule has 0 spiro atoms. The molecule has 32 heavy (non-hydrogen) atoms. The third-order valence-corrected chi connectivity index (χ3v) is 6.45. The number of piperidine rings is 1. The van der Waals surface area contributed by atoms with Gasteiger partial charge in [-0.25, -0.2) is 14.4 Å². The summed E-state index contributed by atoms with van der Waals surface area (Å²) >= 11 is 0. The van der Waals surface area contributed by atoms with Gasteiger partial charge in [-0.1, -0.05) is 12.1 Å². The van der Waals surface area contributed by atoms with Crippen molar-refractivity contribution >= 4 is 17.5 Å². The Hall–Kier alpha value is -2.74. The molecule has 4 rings (SSSR count). The van der Waals surface area contributed by atoms with Crippen molar-refractivity contribution in [2.45, 2.75) is 26.2 Å². The smallest absolute Gasteiger partial charge is 0.225 e. The highest BCUT2D eigenvalue weighted by Gasteiger charge is 2.26. The highest BCUT2D eigenvalue weighted by atomic mass is 19.1. The van der Waals surface area contributed by atoms with Crippen molar-refractivity contribution in [1.29, 1.82) is 0 Å². The molecule has 0 bridgehead atoms. The average molecular weight is 441 g/mol. The molecule has 0 saturated carbocycles. The Balaban J connectivity index is 1.11. The van der Waals surface area contributed by atoms with Crippen LogP contribution in [0, 0.1) is 18.7 Å². The second kappa shape index (κ2) is 10.7. The van der Waals surface area contributed by atoms with Crippen LogP contribution in [0.4, 0.5) is 16.0 Å². The Kier molecular flexibility index (Phi) is 7.52. The summed E-state index contributed by atoms with van der Waals surface area (Å²) in [5.41, 5.74) is 1.66. The molecule has 2 fully saturated rings. The summed E-state index contributed by atoms with van der Waals surface area (Å²) in [5, 5.41) is 3.12. The van der Waals surface area contributed by atoms with Crippen LogP contribution < -0.4 is 15.1 Å². The molecule has 7 nitrogen and oxygen atoms in total. The first-order chi connectivity index (χ1) is 15.6. The predicted molar refractivity (Wildman–Crippen MR) is 124 cm³/mol. The number of nitrogens with one attached hydrogen (secondary N) is 1. The van der Waals surface area contributed by atoms with Crippen molar-refractivity contribution in [3.05, 3.63) is 48.0 Å². The molecule has 1 aromatic carbocycles. The number of rotatable bonds is 7. The quantitative estimate of drug-likeness (QED) is 0.668. The number of benzene rings is 1. The van der Waals surface area contributed by atoms with Crippen molar-refractivity contribution in [3.8, 4) is 0 Å². The predicted octanol–water partition coefficient (Wildman–Crippen LogP) is 2.47. The molecule has 2 saturated heterocycles. The van der Waals surface area contributed by atoms with Crippen molar-refractivity contribution in [3.63, 3.8) is 0 Å². The molecule has 1 aromatic heterocycles. The second-order valence-electron chi connectivity index (χ2n) is 8.68. The fourth-order valence-electron chi connectivity index (χ4n) is 4.51. The Morgan fingerprint density at radius 1 is 1.06 bits per heavy atom. The van der Waals surface area contributed by atoms with E-state index < -0.39 is 0 Å². The number of para-hydroxylation sites is 1. The normalized spacial score (nSPS) is 18.1. The summed E-state index contributed by atoms with van der Waals surface area (Å²) in [6, 6.07) is 8.87. The lowest BCUT2D eigenvalue weighted by Gasteiger charge is -2.36. The van der Waals surface area contributed by atoms with E-state index in [1.807, 2.05) is 25.1 Å². The van der Waals surface area contributed by atoms with Gasteiger partial charge in [-0.3, -0.25) is 9.69 Å². The maximum atomic E-state index is 14.0. The molecule has 172 valence electrons. The molecule has 1 N–H and O–H groups in total. The summed E-state index contributed by atoms with van der Waals surface area (Å²) in [7, 11) is 0. The number of nitrogens with zero attached hydrogens (tertiary/aromatic N) is 5. The van der Waals surface area contributed by atoms with Crippen LogP contribution in [-0.4, -0.2) is 73.1 Å². The van der Waals surface area contributed by atoms with Gasteiger partial charge in [0.2, 0.25) is 11.9 Å². The number of hydrogen-bond acceptors (Lipinski definition) is 6. The minimum Gasteiger partial charge on any atom is -0.367 e. The van der Waals surface area contributed by atoms with E-state index in [0.717, 1.165) is 76.7 Å². The van der Waals surface area contributed by atoms with Crippen LogP contribution in [0.5, 0.6) is 0 Å². The summed E-state index contributed by atoms with van der Waals surface area (Å²) in [6.45, 7) is 8.74. The lowest BCUT2D eigenvalue weighted by molar-refractivity contribution is -0.125. The molecule has 2 aliphatic heterocycles. The van der Waals surface area contributed by atoms with Crippen LogP contribution in [0.25, 0.3) is 0 Å². The van der Waals surface area contributed by atoms with Crippen LogP contribution in [0.3, 0.4) is 0 Å². The van der Waals surface area contributed by atoms with Gasteiger partial charge in [0, 0.05) is 63.6 Å². The number of aryl methyl sites for hydroxylation is 1. The van der Waals surface area contributed by atoms with Gasteiger partial charge < -0.3 is 15.1 Å². The van der Waals surface area contributed by atoms with E-state index in [-0.39, 0.29) is 17.6 Å². The second-order valence-corrected chi connectivity index (χ2v) is 8.68. The molecular weight excluding hydrogens is 407 g/mol. The molecule has 3 heterocycles. The Bertz CT molecular complexity index is 894. The Morgan fingerprint density at radius 3 is 2.53 bits per heavy atom. The highest BCUT2D eigenvalue weighted by molar-refractivity contribution is 5.78. The molecule has 1 amide bonds. The zero-order valence-corrected chi connectivity index (χ0v) is 18.8. The highest BCUT2D eigenvalue weighted by Crippen LogP contribution is 2.21. The van der Waals surface area contributed by atoms with Crippen LogP contribution >= 0.6 is 0 Å². The zero-order valence-electron chi connectivity index (χ0n) is 18.8. The lowest BCUT2D eigenvalue weighted by atomic mass is 9.96. The molecule has 8 heteroatoms. The van der Waals surface area contributed by atoms with Gasteiger partial charge in [-0.2, -0.15) is 0 Å². The molecule has 0 aliphatic carbocycles. The first kappa shape index (κ1) is 22.5. The third-order valence-electron chi connectivity index (χ3n) is 6.45. The summed E-state index contributed by atoms with van der Waals surface area (Å²) in [6.07, 6.45) is 4.39. The fraction of sp³-hybridized carbons (Fsp3) is 0.542. The fourth-order valence-corrected chi connectivity index (χ4v) is 4.51. The van der Waals surface area contributed by atoms with Crippen LogP contribution in [-0.2, 0) is 4.79 Å². The first-order valence-corrected chi connectivity index (χ1v) is 11.6. The third kappa shape index (κ3) is 5.73. The van der Waals surface area contributed by atoms with Gasteiger partial charge in [0.05, 0.1) is 5.69 Å². The molecular formula is C24H33FN6O. The van der Waals surface area contributed by atoms with Crippen molar-refractivity contribution in [2.24, 2.45) is 5.92 Å².